The van der Waals surface area contributed by atoms with Crippen LogP contribution in [0.2, 0.25) is 5.02 Å². The van der Waals surface area contributed by atoms with Gasteiger partial charge in [-0.3, -0.25) is 14.9 Å². The minimum atomic E-state index is -0.636. The zero-order valence-corrected chi connectivity index (χ0v) is 13.6. The number of nitrogens with one attached hydrogen (secondary N) is 1. The zero-order valence-electron chi connectivity index (χ0n) is 12.8. The van der Waals surface area contributed by atoms with Crippen LogP contribution in [0.4, 0.5) is 11.4 Å². The first-order chi connectivity index (χ1) is 11.3. The van der Waals surface area contributed by atoms with Gasteiger partial charge in [-0.2, -0.15) is 0 Å². The molecule has 0 aromatic heterocycles. The first-order valence-electron chi connectivity index (χ1n) is 6.77. The van der Waals surface area contributed by atoms with Crippen LogP contribution >= 0.6 is 11.6 Å². The van der Waals surface area contributed by atoms with Gasteiger partial charge >= 0.3 is 5.97 Å². The molecular weight excluding hydrogens is 336 g/mol. The van der Waals surface area contributed by atoms with Crippen LogP contribution in [-0.4, -0.2) is 23.9 Å². The van der Waals surface area contributed by atoms with Crippen molar-refractivity contribution in [3.63, 3.8) is 0 Å². The molecule has 2 rings (SSSR count). The van der Waals surface area contributed by atoms with E-state index in [1.807, 2.05) is 0 Å². The predicted octanol–water partition coefficient (Wildman–Crippen LogP) is 3.60. The fourth-order valence-corrected chi connectivity index (χ4v) is 2.23. The number of amides is 1. The number of carbonyl (C=O) groups is 2. The summed E-state index contributed by atoms with van der Waals surface area (Å²) in [4.78, 5) is 34.3. The number of esters is 1. The van der Waals surface area contributed by atoms with Crippen molar-refractivity contribution < 1.29 is 19.2 Å². The van der Waals surface area contributed by atoms with Crippen LogP contribution in [0.15, 0.2) is 36.4 Å². The van der Waals surface area contributed by atoms with E-state index in [0.717, 1.165) is 0 Å². The van der Waals surface area contributed by atoms with Gasteiger partial charge in [0.05, 0.1) is 22.6 Å². The molecule has 7 nitrogen and oxygen atoms in total. The highest BCUT2D eigenvalue weighted by Crippen LogP contribution is 2.23. The fraction of sp³-hybridized carbons (Fsp3) is 0.125. The van der Waals surface area contributed by atoms with Gasteiger partial charge in [0.15, 0.2) is 0 Å². The summed E-state index contributed by atoms with van der Waals surface area (Å²) in [6, 6.07) is 8.35. The lowest BCUT2D eigenvalue weighted by Gasteiger charge is -2.09. The average Bonchev–Trinajstić information content (AvgIpc) is 2.55. The molecule has 0 radical (unpaired) electrons. The second kappa shape index (κ2) is 7.10. The Morgan fingerprint density at radius 3 is 2.50 bits per heavy atom. The van der Waals surface area contributed by atoms with Crippen LogP contribution in [-0.2, 0) is 4.74 Å². The number of hydrogen-bond donors (Lipinski definition) is 1. The third kappa shape index (κ3) is 3.69. The number of non-ortho nitro benzene ring substituents is 1. The summed E-state index contributed by atoms with van der Waals surface area (Å²) in [6.07, 6.45) is 0. The Hall–Kier alpha value is -2.93. The van der Waals surface area contributed by atoms with Gasteiger partial charge in [0.2, 0.25) is 0 Å². The Kier molecular flexibility index (Phi) is 5.15. The summed E-state index contributed by atoms with van der Waals surface area (Å²) in [6.45, 7) is 1.67. The number of nitrogens with zero attached hydrogens (tertiary/aromatic N) is 1. The number of hydrogen-bond acceptors (Lipinski definition) is 5. The van der Waals surface area contributed by atoms with E-state index in [-0.39, 0.29) is 21.8 Å². The van der Waals surface area contributed by atoms with Gasteiger partial charge in [0, 0.05) is 23.4 Å². The van der Waals surface area contributed by atoms with E-state index in [9.17, 15) is 19.7 Å². The highest BCUT2D eigenvalue weighted by atomic mass is 35.5. The first-order valence-corrected chi connectivity index (χ1v) is 7.15. The molecular formula is C16H13ClN2O5. The molecule has 0 unspecified atom stereocenters. The van der Waals surface area contributed by atoms with E-state index in [2.05, 4.69) is 10.1 Å². The van der Waals surface area contributed by atoms with Crippen LogP contribution in [0, 0.1) is 17.0 Å². The topological polar surface area (TPSA) is 98.5 Å². The third-order valence-electron chi connectivity index (χ3n) is 3.31. The molecule has 0 spiro atoms. The van der Waals surface area contributed by atoms with E-state index in [1.54, 1.807) is 6.92 Å². The molecule has 0 saturated carbocycles. The lowest BCUT2D eigenvalue weighted by molar-refractivity contribution is -0.384. The second-order valence-electron chi connectivity index (χ2n) is 4.90. The predicted molar refractivity (Wildman–Crippen MR) is 88.6 cm³/mol. The van der Waals surface area contributed by atoms with Crippen LogP contribution in [0.25, 0.3) is 0 Å². The number of carbonyl (C=O) groups excluding carboxylic acids is 2. The second-order valence-corrected chi connectivity index (χ2v) is 5.30. The van der Waals surface area contributed by atoms with Crippen LogP contribution in [0.1, 0.15) is 26.3 Å². The molecule has 0 saturated heterocycles. The zero-order chi connectivity index (χ0) is 17.9. The van der Waals surface area contributed by atoms with Crippen molar-refractivity contribution in [2.75, 3.05) is 12.4 Å². The van der Waals surface area contributed by atoms with Gasteiger partial charge < -0.3 is 10.1 Å². The number of halogens is 1. The molecule has 2 aromatic carbocycles. The number of rotatable bonds is 4. The van der Waals surface area contributed by atoms with Crippen LogP contribution in [0.5, 0.6) is 0 Å². The fourth-order valence-electron chi connectivity index (χ4n) is 2.04. The van der Waals surface area contributed by atoms with Crippen molar-refractivity contribution in [3.05, 3.63) is 68.2 Å². The Bertz CT molecular complexity index is 835. The van der Waals surface area contributed by atoms with Gasteiger partial charge in [0.1, 0.15) is 0 Å². The van der Waals surface area contributed by atoms with Gasteiger partial charge in [-0.05, 0) is 30.7 Å². The molecule has 0 fully saturated rings. The molecule has 124 valence electrons. The van der Waals surface area contributed by atoms with E-state index in [4.69, 9.17) is 11.6 Å². The standard InChI is InChI=1S/C16H13ClN2O5/c1-9-3-5-11(19(22)23)8-12(9)15(20)18-10-4-6-14(17)13(7-10)16(21)24-2/h3-8H,1-2H3,(H,18,20). The lowest BCUT2D eigenvalue weighted by atomic mass is 10.1. The van der Waals surface area contributed by atoms with Gasteiger partial charge in [0.25, 0.3) is 11.6 Å². The van der Waals surface area contributed by atoms with Gasteiger partial charge in [-0.25, -0.2) is 4.79 Å². The van der Waals surface area contributed by atoms with Gasteiger partial charge in [-0.15, -0.1) is 0 Å². The van der Waals surface area contributed by atoms with Crippen molar-refractivity contribution in [2.24, 2.45) is 0 Å². The SMILES string of the molecule is COC(=O)c1cc(NC(=O)c2cc([N+](=O)[O-])ccc2C)ccc1Cl. The van der Waals surface area contributed by atoms with Crippen molar-refractivity contribution >= 4 is 34.9 Å². The maximum Gasteiger partial charge on any atom is 0.339 e. The Morgan fingerprint density at radius 1 is 1.17 bits per heavy atom. The Balaban J connectivity index is 2.32. The van der Waals surface area contributed by atoms with Gasteiger partial charge in [-0.1, -0.05) is 17.7 Å². The van der Waals surface area contributed by atoms with Crippen LogP contribution in [0.3, 0.4) is 0 Å². The molecule has 0 aliphatic heterocycles. The molecule has 0 aliphatic rings. The minimum absolute atomic E-state index is 0.104. The van der Waals surface area contributed by atoms with Crippen LogP contribution < -0.4 is 5.32 Å². The molecule has 0 atom stereocenters. The molecule has 0 heterocycles. The molecule has 1 N–H and O–H groups in total. The number of ether oxygens (including phenoxy) is 1. The number of anilines is 1. The third-order valence-corrected chi connectivity index (χ3v) is 3.64. The summed E-state index contributed by atoms with van der Waals surface area (Å²) in [5.41, 5.74) is 0.986. The van der Waals surface area contributed by atoms with Crippen molar-refractivity contribution in [3.8, 4) is 0 Å². The summed E-state index contributed by atoms with van der Waals surface area (Å²) >= 11 is 5.92. The summed E-state index contributed by atoms with van der Waals surface area (Å²) < 4.78 is 4.61. The normalized spacial score (nSPS) is 10.1. The average molecular weight is 349 g/mol. The number of methoxy groups -OCH3 is 1. The Morgan fingerprint density at radius 2 is 1.88 bits per heavy atom. The van der Waals surface area contributed by atoms with E-state index in [0.29, 0.717) is 11.3 Å². The highest BCUT2D eigenvalue weighted by molar-refractivity contribution is 6.33. The number of benzene rings is 2. The molecule has 0 aliphatic carbocycles. The van der Waals surface area contributed by atoms with E-state index < -0.39 is 16.8 Å². The quantitative estimate of drug-likeness (QED) is 0.517. The largest absolute Gasteiger partial charge is 0.465 e. The highest BCUT2D eigenvalue weighted by Gasteiger charge is 2.16. The maximum atomic E-state index is 12.4. The molecule has 1 amide bonds. The lowest BCUT2D eigenvalue weighted by Crippen LogP contribution is -2.14. The smallest absolute Gasteiger partial charge is 0.339 e. The first kappa shape index (κ1) is 17.4. The Labute approximate surface area is 142 Å². The van der Waals surface area contributed by atoms with Crippen molar-refractivity contribution in [1.29, 1.82) is 0 Å². The maximum absolute atomic E-state index is 12.4. The minimum Gasteiger partial charge on any atom is -0.465 e. The monoisotopic (exact) mass is 348 g/mol. The molecule has 8 heteroatoms. The van der Waals surface area contributed by atoms with Crippen molar-refractivity contribution in [1.82, 2.24) is 0 Å². The number of nitro benzene ring substituents is 1. The summed E-state index contributed by atoms with van der Waals surface area (Å²) in [5, 5.41) is 13.6. The number of aryl methyl sites for hydroxylation is 1. The number of nitro groups is 1. The summed E-state index contributed by atoms with van der Waals surface area (Å²) in [5.74, 6) is -1.17. The molecule has 0 bridgehead atoms. The van der Waals surface area contributed by atoms with E-state index >= 15 is 0 Å². The molecule has 2 aromatic rings. The van der Waals surface area contributed by atoms with Crippen molar-refractivity contribution in [2.45, 2.75) is 6.92 Å². The summed E-state index contributed by atoms with van der Waals surface area (Å²) in [7, 11) is 1.22. The molecule has 24 heavy (non-hydrogen) atoms. The van der Waals surface area contributed by atoms with E-state index in [1.165, 1.54) is 43.5 Å².